The van der Waals surface area contributed by atoms with E-state index in [0.29, 0.717) is 24.2 Å². The summed E-state index contributed by atoms with van der Waals surface area (Å²) in [7, 11) is 0. The van der Waals surface area contributed by atoms with Crippen molar-refractivity contribution in [3.05, 3.63) is 72.7 Å². The largest absolute Gasteiger partial charge is 0.360 e. The Bertz CT molecular complexity index is 997. The molecular formula is C21H20FN3O3. The summed E-state index contributed by atoms with van der Waals surface area (Å²) in [4.78, 5) is 43.5. The molecule has 0 aliphatic carbocycles. The Labute approximate surface area is 161 Å². The molecule has 0 radical (unpaired) electrons. The monoisotopic (exact) mass is 381 g/mol. The first-order chi connectivity index (χ1) is 13.5. The molecule has 1 aromatic heterocycles. The van der Waals surface area contributed by atoms with Crippen LogP contribution in [-0.2, 0) is 9.59 Å². The number of amides is 2. The lowest BCUT2D eigenvalue weighted by atomic mass is 10.1. The van der Waals surface area contributed by atoms with Crippen LogP contribution in [0.25, 0.3) is 10.9 Å². The van der Waals surface area contributed by atoms with Gasteiger partial charge in [-0.1, -0.05) is 37.5 Å². The molecule has 7 heteroatoms. The molecule has 1 fully saturated rings. The van der Waals surface area contributed by atoms with Crippen molar-refractivity contribution in [1.29, 1.82) is 0 Å². The number of piperazine rings is 1. The number of carbonyl (C=O) groups excluding carboxylic acids is 3. The third-order valence-electron chi connectivity index (χ3n) is 4.71. The van der Waals surface area contributed by atoms with Gasteiger partial charge in [-0.3, -0.25) is 14.4 Å². The van der Waals surface area contributed by atoms with Crippen LogP contribution in [0.4, 0.5) is 4.39 Å². The van der Waals surface area contributed by atoms with Crippen molar-refractivity contribution in [1.82, 2.24) is 14.8 Å². The molecule has 3 rings (SSSR count). The maximum absolute atomic E-state index is 14.1. The van der Waals surface area contributed by atoms with Gasteiger partial charge < -0.3 is 14.8 Å². The molecule has 0 unspecified atom stereocenters. The van der Waals surface area contributed by atoms with Crippen LogP contribution in [0.1, 0.15) is 10.4 Å². The lowest BCUT2D eigenvalue weighted by Crippen LogP contribution is -2.52. The average molecular weight is 381 g/mol. The van der Waals surface area contributed by atoms with Gasteiger partial charge in [-0.2, -0.15) is 0 Å². The van der Waals surface area contributed by atoms with Gasteiger partial charge in [0.25, 0.3) is 17.6 Å². The first-order valence-corrected chi connectivity index (χ1v) is 8.81. The van der Waals surface area contributed by atoms with Crippen molar-refractivity contribution in [2.45, 2.75) is 0 Å². The standard InChI is InChI=1S/C21H20FN3O3/c1-3-6-14(4-2)20(27)24-9-11-25(12-10-24)21(28)19(26)15-13-23-17-8-5-7-16(22)18(15)17/h3-8,13,23H,1-2,9-12H2/b14-6+. The van der Waals surface area contributed by atoms with Crippen LogP contribution in [-0.4, -0.2) is 58.6 Å². The number of ketones is 1. The van der Waals surface area contributed by atoms with E-state index in [4.69, 9.17) is 0 Å². The minimum absolute atomic E-state index is 0.0134. The van der Waals surface area contributed by atoms with Crippen LogP contribution in [0.3, 0.4) is 0 Å². The van der Waals surface area contributed by atoms with Gasteiger partial charge in [-0.05, 0) is 12.1 Å². The second-order valence-corrected chi connectivity index (χ2v) is 6.34. The number of H-pyrrole nitrogens is 1. The zero-order valence-electron chi connectivity index (χ0n) is 15.3. The maximum atomic E-state index is 14.1. The topological polar surface area (TPSA) is 73.5 Å². The van der Waals surface area contributed by atoms with E-state index in [1.807, 2.05) is 0 Å². The molecule has 1 saturated heterocycles. The zero-order valence-corrected chi connectivity index (χ0v) is 15.3. The summed E-state index contributed by atoms with van der Waals surface area (Å²) in [5.74, 6) is -2.24. The molecule has 1 aromatic carbocycles. The first kappa shape index (κ1) is 19.3. The Morgan fingerprint density at radius 3 is 2.29 bits per heavy atom. The molecule has 28 heavy (non-hydrogen) atoms. The number of carbonyl (C=O) groups is 3. The molecule has 1 N–H and O–H groups in total. The number of rotatable bonds is 5. The third kappa shape index (κ3) is 3.51. The first-order valence-electron chi connectivity index (χ1n) is 8.81. The van der Waals surface area contributed by atoms with Crippen molar-refractivity contribution in [2.24, 2.45) is 0 Å². The Morgan fingerprint density at radius 1 is 1.04 bits per heavy atom. The predicted molar refractivity (Wildman–Crippen MR) is 104 cm³/mol. The Morgan fingerprint density at radius 2 is 1.68 bits per heavy atom. The van der Waals surface area contributed by atoms with Crippen LogP contribution >= 0.6 is 0 Å². The number of Topliss-reactive ketones (excluding diaryl/α,β-unsaturated/α-hetero) is 1. The maximum Gasteiger partial charge on any atom is 0.295 e. The summed E-state index contributed by atoms with van der Waals surface area (Å²) in [5.41, 5.74) is 0.886. The Kier molecular flexibility index (Phi) is 5.54. The quantitative estimate of drug-likeness (QED) is 0.374. The summed E-state index contributed by atoms with van der Waals surface area (Å²) in [6.45, 7) is 8.22. The highest BCUT2D eigenvalue weighted by Crippen LogP contribution is 2.22. The zero-order chi connectivity index (χ0) is 20.3. The number of nitrogens with one attached hydrogen (secondary N) is 1. The molecule has 0 atom stereocenters. The molecule has 2 amide bonds. The predicted octanol–water partition coefficient (Wildman–Crippen LogP) is 2.46. The van der Waals surface area contributed by atoms with E-state index in [9.17, 15) is 18.8 Å². The fourth-order valence-corrected chi connectivity index (χ4v) is 3.23. The third-order valence-corrected chi connectivity index (χ3v) is 4.71. The fourth-order valence-electron chi connectivity index (χ4n) is 3.23. The van der Waals surface area contributed by atoms with E-state index in [2.05, 4.69) is 18.1 Å². The average Bonchev–Trinajstić information content (AvgIpc) is 3.16. The van der Waals surface area contributed by atoms with Gasteiger partial charge in [0, 0.05) is 48.9 Å². The van der Waals surface area contributed by atoms with Gasteiger partial charge in [0.15, 0.2) is 0 Å². The molecule has 2 heterocycles. The van der Waals surface area contributed by atoms with Crippen LogP contribution in [0.15, 0.2) is 61.4 Å². The highest BCUT2D eigenvalue weighted by molar-refractivity contribution is 6.44. The van der Waals surface area contributed by atoms with Crippen LogP contribution in [0.5, 0.6) is 0 Å². The molecule has 2 aromatic rings. The van der Waals surface area contributed by atoms with Crippen molar-refractivity contribution >= 4 is 28.5 Å². The molecule has 1 aliphatic heterocycles. The number of aromatic nitrogens is 1. The molecule has 6 nitrogen and oxygen atoms in total. The normalized spacial score (nSPS) is 14.8. The number of benzene rings is 1. The van der Waals surface area contributed by atoms with Crippen LogP contribution in [0.2, 0.25) is 0 Å². The van der Waals surface area contributed by atoms with Crippen molar-refractivity contribution in [3.63, 3.8) is 0 Å². The number of aromatic amines is 1. The number of hydrogen-bond donors (Lipinski definition) is 1. The van der Waals surface area contributed by atoms with Gasteiger partial charge in [0.2, 0.25) is 0 Å². The highest BCUT2D eigenvalue weighted by atomic mass is 19.1. The van der Waals surface area contributed by atoms with Gasteiger partial charge in [0.1, 0.15) is 5.82 Å². The summed E-state index contributed by atoms with van der Waals surface area (Å²) in [6.07, 6.45) is 5.89. The number of halogens is 1. The van der Waals surface area contributed by atoms with E-state index >= 15 is 0 Å². The Hall–Kier alpha value is -3.48. The smallest absolute Gasteiger partial charge is 0.295 e. The minimum Gasteiger partial charge on any atom is -0.360 e. The van der Waals surface area contributed by atoms with E-state index in [-0.39, 0.29) is 29.9 Å². The van der Waals surface area contributed by atoms with E-state index in [1.165, 1.54) is 35.4 Å². The highest BCUT2D eigenvalue weighted by Gasteiger charge is 2.30. The number of allylic oxidation sites excluding steroid dienone is 2. The van der Waals surface area contributed by atoms with Crippen molar-refractivity contribution < 1.29 is 18.8 Å². The lowest BCUT2D eigenvalue weighted by Gasteiger charge is -2.34. The summed E-state index contributed by atoms with van der Waals surface area (Å²) in [5, 5.41) is 0.111. The van der Waals surface area contributed by atoms with Gasteiger partial charge in [-0.15, -0.1) is 0 Å². The molecule has 144 valence electrons. The van der Waals surface area contributed by atoms with Gasteiger partial charge in [0.05, 0.1) is 5.56 Å². The number of hydrogen-bond acceptors (Lipinski definition) is 3. The van der Waals surface area contributed by atoms with Crippen molar-refractivity contribution in [2.75, 3.05) is 26.2 Å². The SMILES string of the molecule is C=C/C=C(\C=C)C(=O)N1CCN(C(=O)C(=O)c2c[nH]c3cccc(F)c23)CC1. The molecule has 0 bridgehead atoms. The molecule has 0 saturated carbocycles. The molecule has 1 aliphatic rings. The minimum atomic E-state index is -0.769. The summed E-state index contributed by atoms with van der Waals surface area (Å²) >= 11 is 0. The van der Waals surface area contributed by atoms with Gasteiger partial charge in [-0.25, -0.2) is 4.39 Å². The lowest BCUT2D eigenvalue weighted by molar-refractivity contribution is -0.134. The van der Waals surface area contributed by atoms with E-state index < -0.39 is 17.5 Å². The van der Waals surface area contributed by atoms with Crippen molar-refractivity contribution in [3.8, 4) is 0 Å². The Balaban J connectivity index is 1.70. The van der Waals surface area contributed by atoms with E-state index in [0.717, 1.165) is 0 Å². The second-order valence-electron chi connectivity index (χ2n) is 6.34. The van der Waals surface area contributed by atoms with Crippen LogP contribution < -0.4 is 0 Å². The molecule has 0 spiro atoms. The number of nitrogens with zero attached hydrogens (tertiary/aromatic N) is 2. The summed E-state index contributed by atoms with van der Waals surface area (Å²) in [6, 6.07) is 4.41. The fraction of sp³-hybridized carbons (Fsp3) is 0.190. The van der Waals surface area contributed by atoms with E-state index in [1.54, 1.807) is 17.0 Å². The molecular weight excluding hydrogens is 361 g/mol. The van der Waals surface area contributed by atoms with Crippen LogP contribution in [0, 0.1) is 5.82 Å². The van der Waals surface area contributed by atoms with Gasteiger partial charge >= 0.3 is 0 Å². The summed E-state index contributed by atoms with van der Waals surface area (Å²) < 4.78 is 14.1. The second kappa shape index (κ2) is 8.04. The number of fused-ring (bicyclic) bond motifs is 1.